The molecule has 5 aromatic carbocycles. The zero-order valence-corrected chi connectivity index (χ0v) is 19.6. The molecular weight excluding hydrogens is 444 g/mol. The highest BCUT2D eigenvalue weighted by atomic mass is 16.5. The smallest absolute Gasteiger partial charge is 0.141 e. The van der Waals surface area contributed by atoms with E-state index in [1.165, 1.54) is 0 Å². The quantitative estimate of drug-likeness (QED) is 0.236. The molecule has 174 valence electrons. The lowest BCUT2D eigenvalue weighted by Gasteiger charge is -2.12. The standard InChI is InChI=1S/C32H24N2O2/c1-3-13-26(14-4-1)35-28-17-9-11-24(21-28)23-34-31-20-8-7-19-30(31)33-32(34)25-12-10-18-29(22-25)36-27-15-5-2-6-16-27/h1-22H,23H2. The molecule has 0 N–H and O–H groups in total. The highest BCUT2D eigenvalue weighted by Gasteiger charge is 2.14. The van der Waals surface area contributed by atoms with E-state index in [2.05, 4.69) is 34.9 Å². The summed E-state index contributed by atoms with van der Waals surface area (Å²) in [4.78, 5) is 4.99. The van der Waals surface area contributed by atoms with Gasteiger partial charge in [-0.05, 0) is 66.2 Å². The second kappa shape index (κ2) is 9.80. The van der Waals surface area contributed by atoms with Gasteiger partial charge in [0, 0.05) is 12.1 Å². The molecule has 0 aliphatic carbocycles. The van der Waals surface area contributed by atoms with Crippen molar-refractivity contribution in [2.75, 3.05) is 0 Å². The highest BCUT2D eigenvalue weighted by molar-refractivity contribution is 5.81. The van der Waals surface area contributed by atoms with Crippen molar-refractivity contribution in [3.05, 3.63) is 139 Å². The maximum Gasteiger partial charge on any atom is 0.141 e. The summed E-state index contributed by atoms with van der Waals surface area (Å²) in [6.45, 7) is 0.658. The monoisotopic (exact) mass is 468 g/mol. The molecule has 1 heterocycles. The van der Waals surface area contributed by atoms with Crippen LogP contribution in [0.5, 0.6) is 23.0 Å². The van der Waals surface area contributed by atoms with E-state index in [0.29, 0.717) is 6.54 Å². The van der Waals surface area contributed by atoms with Gasteiger partial charge in [0.2, 0.25) is 0 Å². The van der Waals surface area contributed by atoms with Gasteiger partial charge in [0.15, 0.2) is 0 Å². The maximum atomic E-state index is 6.09. The largest absolute Gasteiger partial charge is 0.457 e. The Bertz CT molecular complexity index is 1610. The molecule has 0 aliphatic rings. The Morgan fingerprint density at radius 3 is 1.83 bits per heavy atom. The van der Waals surface area contributed by atoms with Crippen molar-refractivity contribution in [1.82, 2.24) is 9.55 Å². The van der Waals surface area contributed by atoms with E-state index < -0.39 is 0 Å². The Morgan fingerprint density at radius 1 is 0.528 bits per heavy atom. The van der Waals surface area contributed by atoms with Gasteiger partial charge in [-0.1, -0.05) is 72.8 Å². The van der Waals surface area contributed by atoms with Gasteiger partial charge in [-0.15, -0.1) is 0 Å². The Kier molecular flexibility index (Phi) is 5.91. The summed E-state index contributed by atoms with van der Waals surface area (Å²) in [5.41, 5.74) is 4.16. The third kappa shape index (κ3) is 4.70. The number of hydrogen-bond donors (Lipinski definition) is 0. The van der Waals surface area contributed by atoms with E-state index in [1.54, 1.807) is 0 Å². The van der Waals surface area contributed by atoms with E-state index in [0.717, 1.165) is 51.0 Å². The lowest BCUT2D eigenvalue weighted by molar-refractivity contribution is 0.482. The number of para-hydroxylation sites is 4. The number of hydrogen-bond acceptors (Lipinski definition) is 3. The second-order valence-electron chi connectivity index (χ2n) is 8.52. The van der Waals surface area contributed by atoms with Gasteiger partial charge >= 0.3 is 0 Å². The Labute approximate surface area is 210 Å². The molecule has 4 nitrogen and oxygen atoms in total. The molecule has 0 bridgehead atoms. The molecule has 4 heteroatoms. The van der Waals surface area contributed by atoms with Gasteiger partial charge in [-0.3, -0.25) is 0 Å². The lowest BCUT2D eigenvalue weighted by Crippen LogP contribution is -2.02. The highest BCUT2D eigenvalue weighted by Crippen LogP contribution is 2.31. The lowest BCUT2D eigenvalue weighted by atomic mass is 10.1. The summed E-state index contributed by atoms with van der Waals surface area (Å²) < 4.78 is 14.4. The van der Waals surface area contributed by atoms with Crippen LogP contribution in [-0.2, 0) is 6.54 Å². The fourth-order valence-corrected chi connectivity index (χ4v) is 4.29. The molecule has 0 atom stereocenters. The van der Waals surface area contributed by atoms with Crippen molar-refractivity contribution in [2.24, 2.45) is 0 Å². The topological polar surface area (TPSA) is 36.3 Å². The van der Waals surface area contributed by atoms with Gasteiger partial charge in [-0.2, -0.15) is 0 Å². The minimum absolute atomic E-state index is 0.658. The first kappa shape index (κ1) is 21.7. The Balaban J connectivity index is 1.35. The van der Waals surface area contributed by atoms with Gasteiger partial charge in [0.05, 0.1) is 11.0 Å². The van der Waals surface area contributed by atoms with Crippen LogP contribution in [-0.4, -0.2) is 9.55 Å². The van der Waals surface area contributed by atoms with Crippen LogP contribution < -0.4 is 9.47 Å². The first-order chi connectivity index (χ1) is 17.8. The number of nitrogens with zero attached hydrogens (tertiary/aromatic N) is 2. The number of imidazole rings is 1. The van der Waals surface area contributed by atoms with Crippen molar-refractivity contribution in [3.8, 4) is 34.4 Å². The van der Waals surface area contributed by atoms with E-state index in [-0.39, 0.29) is 0 Å². The molecule has 1 aromatic heterocycles. The third-order valence-electron chi connectivity index (χ3n) is 5.94. The summed E-state index contributed by atoms with van der Waals surface area (Å²) in [6.07, 6.45) is 0. The van der Waals surface area contributed by atoms with Crippen LogP contribution in [0, 0.1) is 0 Å². The summed E-state index contributed by atoms with van der Waals surface area (Å²) in [5, 5.41) is 0. The zero-order valence-electron chi connectivity index (χ0n) is 19.6. The van der Waals surface area contributed by atoms with E-state index in [1.807, 2.05) is 103 Å². The van der Waals surface area contributed by atoms with Gasteiger partial charge < -0.3 is 14.0 Å². The molecule has 0 saturated carbocycles. The summed E-state index contributed by atoms with van der Waals surface area (Å²) in [5.74, 6) is 4.10. The number of aromatic nitrogens is 2. The predicted octanol–water partition coefficient (Wildman–Crippen LogP) is 8.34. The molecule has 0 unspecified atom stereocenters. The second-order valence-corrected chi connectivity index (χ2v) is 8.52. The summed E-state index contributed by atoms with van der Waals surface area (Å²) >= 11 is 0. The third-order valence-corrected chi connectivity index (χ3v) is 5.94. The summed E-state index contributed by atoms with van der Waals surface area (Å²) in [6, 6.07) is 44.2. The van der Waals surface area contributed by atoms with E-state index in [4.69, 9.17) is 14.5 Å². The van der Waals surface area contributed by atoms with Crippen LogP contribution >= 0.6 is 0 Å². The Morgan fingerprint density at radius 2 is 1.11 bits per heavy atom. The molecule has 6 rings (SSSR count). The van der Waals surface area contributed by atoms with Crippen LogP contribution in [0.15, 0.2) is 133 Å². The van der Waals surface area contributed by atoms with Crippen LogP contribution in [0.25, 0.3) is 22.4 Å². The minimum atomic E-state index is 0.658. The van der Waals surface area contributed by atoms with Crippen molar-refractivity contribution in [2.45, 2.75) is 6.54 Å². The molecule has 0 amide bonds. The van der Waals surface area contributed by atoms with Crippen LogP contribution in [0.2, 0.25) is 0 Å². The number of rotatable bonds is 7. The van der Waals surface area contributed by atoms with Crippen molar-refractivity contribution in [1.29, 1.82) is 0 Å². The van der Waals surface area contributed by atoms with Crippen LogP contribution in [0.4, 0.5) is 0 Å². The van der Waals surface area contributed by atoms with Crippen molar-refractivity contribution < 1.29 is 9.47 Å². The molecular formula is C32H24N2O2. The fraction of sp³-hybridized carbons (Fsp3) is 0.0312. The molecule has 0 aliphatic heterocycles. The number of benzene rings is 5. The van der Waals surface area contributed by atoms with Crippen molar-refractivity contribution in [3.63, 3.8) is 0 Å². The molecule has 36 heavy (non-hydrogen) atoms. The Hall–Kier alpha value is -4.83. The van der Waals surface area contributed by atoms with E-state index in [9.17, 15) is 0 Å². The molecule has 0 fully saturated rings. The first-order valence-electron chi connectivity index (χ1n) is 11.9. The number of ether oxygens (including phenoxy) is 2. The predicted molar refractivity (Wildman–Crippen MR) is 144 cm³/mol. The number of fused-ring (bicyclic) bond motifs is 1. The average Bonchev–Trinajstić information content (AvgIpc) is 3.29. The molecule has 0 saturated heterocycles. The van der Waals surface area contributed by atoms with Crippen LogP contribution in [0.1, 0.15) is 5.56 Å². The molecule has 0 spiro atoms. The fourth-order valence-electron chi connectivity index (χ4n) is 4.29. The van der Waals surface area contributed by atoms with Gasteiger partial charge in [-0.25, -0.2) is 4.98 Å². The first-order valence-corrected chi connectivity index (χ1v) is 11.9. The van der Waals surface area contributed by atoms with Gasteiger partial charge in [0.1, 0.15) is 28.8 Å². The van der Waals surface area contributed by atoms with Gasteiger partial charge in [0.25, 0.3) is 0 Å². The van der Waals surface area contributed by atoms with E-state index >= 15 is 0 Å². The summed E-state index contributed by atoms with van der Waals surface area (Å²) in [7, 11) is 0. The maximum absolute atomic E-state index is 6.09. The van der Waals surface area contributed by atoms with Crippen LogP contribution in [0.3, 0.4) is 0 Å². The zero-order chi connectivity index (χ0) is 24.2. The SMILES string of the molecule is c1ccc(Oc2cccc(Cn3c(-c4cccc(Oc5ccccc5)c4)nc4ccccc43)c2)cc1. The normalized spacial score (nSPS) is 10.9. The average molecular weight is 469 g/mol. The minimum Gasteiger partial charge on any atom is -0.457 e. The molecule has 0 radical (unpaired) electrons. The van der Waals surface area contributed by atoms with Crippen molar-refractivity contribution >= 4 is 11.0 Å². The molecule has 6 aromatic rings.